The van der Waals surface area contributed by atoms with E-state index in [1.165, 1.54) is 0 Å². The lowest BCUT2D eigenvalue weighted by Crippen LogP contribution is -2.20. The predicted octanol–water partition coefficient (Wildman–Crippen LogP) is 1.87. The Bertz CT molecular complexity index is 471. The van der Waals surface area contributed by atoms with Crippen LogP contribution in [0.15, 0.2) is 6.07 Å². The highest BCUT2D eigenvalue weighted by Gasteiger charge is 2.35. The van der Waals surface area contributed by atoms with Crippen molar-refractivity contribution >= 4 is 5.97 Å². The van der Waals surface area contributed by atoms with Crippen molar-refractivity contribution in [3.63, 3.8) is 0 Å². The van der Waals surface area contributed by atoms with Crippen LogP contribution in [0.3, 0.4) is 0 Å². The van der Waals surface area contributed by atoms with Gasteiger partial charge in [0.25, 0.3) is 0 Å². The number of rotatable bonds is 1. The molecule has 0 saturated carbocycles. The van der Waals surface area contributed by atoms with Gasteiger partial charge in [-0.25, -0.2) is 9.78 Å². The molecule has 92 valence electrons. The zero-order valence-corrected chi connectivity index (χ0v) is 8.54. The Morgan fingerprint density at radius 2 is 2.18 bits per heavy atom. The molecule has 1 N–H and O–H groups in total. The van der Waals surface area contributed by atoms with Crippen LogP contribution in [0.5, 0.6) is 0 Å². The van der Waals surface area contributed by atoms with Crippen LogP contribution in [0.4, 0.5) is 13.2 Å². The van der Waals surface area contributed by atoms with E-state index in [1.54, 1.807) is 0 Å². The van der Waals surface area contributed by atoms with Crippen LogP contribution < -0.4 is 0 Å². The summed E-state index contributed by atoms with van der Waals surface area (Å²) in [5.74, 6) is -1.38. The lowest BCUT2D eigenvalue weighted by atomic mass is 10.0. The van der Waals surface area contributed by atoms with E-state index in [0.717, 1.165) is 0 Å². The third-order valence-electron chi connectivity index (χ3n) is 2.47. The van der Waals surface area contributed by atoms with Gasteiger partial charge in [-0.1, -0.05) is 0 Å². The first-order valence-corrected chi connectivity index (χ1v) is 4.80. The molecule has 1 aromatic heterocycles. The third-order valence-corrected chi connectivity index (χ3v) is 2.47. The summed E-state index contributed by atoms with van der Waals surface area (Å²) in [6, 6.07) is 0.576. The number of pyridine rings is 1. The minimum Gasteiger partial charge on any atom is -0.478 e. The van der Waals surface area contributed by atoms with Crippen molar-refractivity contribution < 1.29 is 27.8 Å². The van der Waals surface area contributed by atoms with Gasteiger partial charge in [0.2, 0.25) is 0 Å². The summed E-state index contributed by atoms with van der Waals surface area (Å²) in [5.41, 5.74) is -1.15. The number of aromatic nitrogens is 1. The van der Waals surface area contributed by atoms with E-state index in [9.17, 15) is 18.0 Å². The molecule has 1 aliphatic rings. The highest BCUT2D eigenvalue weighted by atomic mass is 19.4. The Kier molecular flexibility index (Phi) is 2.78. The summed E-state index contributed by atoms with van der Waals surface area (Å²) in [6.07, 6.45) is -4.39. The van der Waals surface area contributed by atoms with E-state index in [-0.39, 0.29) is 24.3 Å². The topological polar surface area (TPSA) is 59.4 Å². The predicted molar refractivity (Wildman–Crippen MR) is 49.6 cm³/mol. The lowest BCUT2D eigenvalue weighted by molar-refractivity contribution is -0.141. The number of fused-ring (bicyclic) bond motifs is 1. The molecule has 17 heavy (non-hydrogen) atoms. The van der Waals surface area contributed by atoms with Crippen molar-refractivity contribution in [1.82, 2.24) is 4.98 Å². The fourth-order valence-corrected chi connectivity index (χ4v) is 1.70. The second-order valence-corrected chi connectivity index (χ2v) is 3.59. The number of hydrogen-bond donors (Lipinski definition) is 1. The third kappa shape index (κ3) is 2.23. The van der Waals surface area contributed by atoms with Gasteiger partial charge in [-0.3, -0.25) is 0 Å². The number of hydrogen-bond acceptors (Lipinski definition) is 3. The fraction of sp³-hybridized carbons (Fsp3) is 0.400. The molecule has 1 aromatic rings. The molecule has 1 aliphatic heterocycles. The highest BCUT2D eigenvalue weighted by Crippen LogP contribution is 2.31. The van der Waals surface area contributed by atoms with Gasteiger partial charge in [0.1, 0.15) is 5.69 Å². The van der Waals surface area contributed by atoms with E-state index < -0.39 is 17.8 Å². The smallest absolute Gasteiger partial charge is 0.433 e. The molecule has 2 rings (SSSR count). The van der Waals surface area contributed by atoms with E-state index >= 15 is 0 Å². The molecule has 0 bridgehead atoms. The minimum atomic E-state index is -4.66. The van der Waals surface area contributed by atoms with Gasteiger partial charge in [0.15, 0.2) is 0 Å². The molecule has 0 saturated heterocycles. The summed E-state index contributed by atoms with van der Waals surface area (Å²) in [5, 5.41) is 8.90. The molecular weight excluding hydrogens is 239 g/mol. The Morgan fingerprint density at radius 3 is 2.76 bits per heavy atom. The summed E-state index contributed by atoms with van der Waals surface area (Å²) in [7, 11) is 0. The summed E-state index contributed by atoms with van der Waals surface area (Å²) in [4.78, 5) is 14.3. The van der Waals surface area contributed by atoms with Crippen LogP contribution in [0.2, 0.25) is 0 Å². The number of carboxylic acid groups (broad SMARTS) is 1. The Balaban J connectivity index is 2.60. The first-order chi connectivity index (χ1) is 7.89. The van der Waals surface area contributed by atoms with Crippen LogP contribution >= 0.6 is 0 Å². The highest BCUT2D eigenvalue weighted by molar-refractivity contribution is 5.89. The second kappa shape index (κ2) is 3.99. The summed E-state index contributed by atoms with van der Waals surface area (Å²) in [6.45, 7) is 0.208. The number of carbonyl (C=O) groups is 1. The first-order valence-electron chi connectivity index (χ1n) is 4.80. The molecule has 0 spiro atoms. The maximum absolute atomic E-state index is 12.5. The molecular formula is C10H8F3NO3. The van der Waals surface area contributed by atoms with Crippen molar-refractivity contribution in [2.45, 2.75) is 19.2 Å². The number of nitrogens with zero attached hydrogens (tertiary/aromatic N) is 1. The van der Waals surface area contributed by atoms with E-state index in [0.29, 0.717) is 18.2 Å². The number of alkyl halides is 3. The quantitative estimate of drug-likeness (QED) is 0.823. The lowest BCUT2D eigenvalue weighted by Gasteiger charge is -2.19. The number of aromatic carboxylic acids is 1. The van der Waals surface area contributed by atoms with Gasteiger partial charge in [-0.2, -0.15) is 13.2 Å². The van der Waals surface area contributed by atoms with Gasteiger partial charge >= 0.3 is 12.1 Å². The first kappa shape index (κ1) is 11.8. The molecule has 7 heteroatoms. The maximum Gasteiger partial charge on any atom is 0.433 e. The Labute approximate surface area is 94.0 Å². The number of halogens is 3. The van der Waals surface area contributed by atoms with Crippen molar-refractivity contribution in [3.8, 4) is 0 Å². The molecule has 0 radical (unpaired) electrons. The molecule has 0 aliphatic carbocycles. The summed E-state index contributed by atoms with van der Waals surface area (Å²) >= 11 is 0. The SMILES string of the molecule is O=C(O)c1cc(C(F)(F)F)nc2c1CCOC2. The average Bonchev–Trinajstić information content (AvgIpc) is 2.26. The van der Waals surface area contributed by atoms with Gasteiger partial charge in [-0.05, 0) is 18.1 Å². The average molecular weight is 247 g/mol. The normalized spacial score (nSPS) is 15.5. The van der Waals surface area contributed by atoms with Crippen molar-refractivity contribution in [3.05, 3.63) is 28.6 Å². The molecule has 2 heterocycles. The van der Waals surface area contributed by atoms with E-state index in [4.69, 9.17) is 9.84 Å². The zero-order chi connectivity index (χ0) is 12.6. The van der Waals surface area contributed by atoms with Crippen LogP contribution in [0.1, 0.15) is 27.3 Å². The van der Waals surface area contributed by atoms with Crippen LogP contribution in [-0.4, -0.2) is 22.7 Å². The molecule has 4 nitrogen and oxygen atoms in total. The number of carboxylic acids is 1. The van der Waals surface area contributed by atoms with E-state index in [1.807, 2.05) is 0 Å². The van der Waals surface area contributed by atoms with Crippen LogP contribution in [0, 0.1) is 0 Å². The van der Waals surface area contributed by atoms with Crippen molar-refractivity contribution in [1.29, 1.82) is 0 Å². The monoisotopic (exact) mass is 247 g/mol. The second-order valence-electron chi connectivity index (χ2n) is 3.59. The largest absolute Gasteiger partial charge is 0.478 e. The molecule has 0 unspecified atom stereocenters. The Morgan fingerprint density at radius 1 is 1.47 bits per heavy atom. The van der Waals surface area contributed by atoms with E-state index in [2.05, 4.69) is 4.98 Å². The summed E-state index contributed by atoms with van der Waals surface area (Å²) < 4.78 is 42.5. The van der Waals surface area contributed by atoms with Gasteiger partial charge in [0.05, 0.1) is 24.5 Å². The maximum atomic E-state index is 12.5. The molecule has 0 amide bonds. The standard InChI is InChI=1S/C10H8F3NO3/c11-10(12,13)8-3-6(9(15)16)5-1-2-17-4-7(5)14-8/h3H,1-2,4H2,(H,15,16). The van der Waals surface area contributed by atoms with Gasteiger partial charge in [-0.15, -0.1) is 0 Å². The zero-order valence-electron chi connectivity index (χ0n) is 8.54. The fourth-order valence-electron chi connectivity index (χ4n) is 1.70. The van der Waals surface area contributed by atoms with Crippen LogP contribution in [0.25, 0.3) is 0 Å². The van der Waals surface area contributed by atoms with Crippen LogP contribution in [-0.2, 0) is 23.9 Å². The minimum absolute atomic E-state index is 0.0588. The molecule has 0 atom stereocenters. The Hall–Kier alpha value is -1.63. The molecule has 0 fully saturated rings. The van der Waals surface area contributed by atoms with Crippen molar-refractivity contribution in [2.75, 3.05) is 6.61 Å². The van der Waals surface area contributed by atoms with Crippen molar-refractivity contribution in [2.24, 2.45) is 0 Å². The molecule has 0 aromatic carbocycles. The van der Waals surface area contributed by atoms with Gasteiger partial charge in [0, 0.05) is 0 Å². The van der Waals surface area contributed by atoms with Gasteiger partial charge < -0.3 is 9.84 Å². The number of ether oxygens (including phenoxy) is 1.